The number of aromatic nitrogens is 2. The zero-order valence-electron chi connectivity index (χ0n) is 9.60. The quantitative estimate of drug-likeness (QED) is 0.814. The molecule has 0 radical (unpaired) electrons. The third kappa shape index (κ3) is 2.48. The predicted octanol–water partition coefficient (Wildman–Crippen LogP) is 1.32. The molecule has 5 nitrogen and oxygen atoms in total. The molecular formula is C11H14ClN5. The van der Waals surface area contributed by atoms with Crippen LogP contribution in [-0.2, 0) is 0 Å². The Morgan fingerprint density at radius 1 is 1.59 bits per heavy atom. The van der Waals surface area contributed by atoms with Crippen molar-refractivity contribution < 1.29 is 0 Å². The van der Waals surface area contributed by atoms with Gasteiger partial charge < -0.3 is 10.6 Å². The molecule has 2 atom stereocenters. The molecule has 1 aromatic heterocycles. The highest BCUT2D eigenvalue weighted by Crippen LogP contribution is 2.23. The van der Waals surface area contributed by atoms with Crippen LogP contribution in [0.2, 0.25) is 5.15 Å². The summed E-state index contributed by atoms with van der Waals surface area (Å²) >= 11 is 5.88. The van der Waals surface area contributed by atoms with Crippen molar-refractivity contribution in [3.63, 3.8) is 0 Å². The Morgan fingerprint density at radius 2 is 2.35 bits per heavy atom. The van der Waals surface area contributed by atoms with Crippen molar-refractivity contribution in [3.05, 3.63) is 17.0 Å². The summed E-state index contributed by atoms with van der Waals surface area (Å²) in [5, 5.41) is 8.89. The first-order valence-electron chi connectivity index (χ1n) is 5.56. The number of nitrogens with two attached hydrogens (primary N) is 1. The van der Waals surface area contributed by atoms with E-state index in [2.05, 4.69) is 21.8 Å². The van der Waals surface area contributed by atoms with Crippen molar-refractivity contribution in [2.45, 2.75) is 31.8 Å². The molecule has 1 saturated heterocycles. The topological polar surface area (TPSA) is 78.8 Å². The number of rotatable bonds is 1. The molecule has 0 spiro atoms. The summed E-state index contributed by atoms with van der Waals surface area (Å²) in [6.07, 6.45) is 3.63. The van der Waals surface area contributed by atoms with Gasteiger partial charge in [-0.15, -0.1) is 0 Å². The zero-order chi connectivity index (χ0) is 12.4. The molecule has 0 saturated carbocycles. The Kier molecular flexibility index (Phi) is 3.46. The first kappa shape index (κ1) is 12.1. The average Bonchev–Trinajstić information content (AvgIpc) is 2.32. The second-order valence-electron chi connectivity index (χ2n) is 4.32. The number of nitriles is 1. The number of hydrogen-bond donors (Lipinski definition) is 1. The molecule has 1 aliphatic heterocycles. The standard InChI is InChI=1S/C11H14ClN5/c1-7-2-3-8(14)6-17(7)10-5-15-9(4-13)11(12)16-10/h5,7-8H,2-3,6,14H2,1H3. The summed E-state index contributed by atoms with van der Waals surface area (Å²) in [7, 11) is 0. The lowest BCUT2D eigenvalue weighted by Gasteiger charge is -2.37. The van der Waals surface area contributed by atoms with Crippen LogP contribution in [0.15, 0.2) is 6.20 Å². The van der Waals surface area contributed by atoms with Gasteiger partial charge in [0, 0.05) is 18.6 Å². The highest BCUT2D eigenvalue weighted by molar-refractivity contribution is 6.30. The second-order valence-corrected chi connectivity index (χ2v) is 4.68. The van der Waals surface area contributed by atoms with Crippen molar-refractivity contribution in [3.8, 4) is 6.07 Å². The molecule has 6 heteroatoms. The van der Waals surface area contributed by atoms with E-state index in [0.717, 1.165) is 19.4 Å². The van der Waals surface area contributed by atoms with E-state index in [0.29, 0.717) is 11.9 Å². The van der Waals surface area contributed by atoms with Gasteiger partial charge in [0.05, 0.1) is 6.20 Å². The fraction of sp³-hybridized carbons (Fsp3) is 0.545. The van der Waals surface area contributed by atoms with Crippen molar-refractivity contribution >= 4 is 17.4 Å². The van der Waals surface area contributed by atoms with E-state index in [9.17, 15) is 0 Å². The van der Waals surface area contributed by atoms with E-state index in [-0.39, 0.29) is 16.9 Å². The molecule has 2 heterocycles. The first-order chi connectivity index (χ1) is 8.11. The maximum Gasteiger partial charge on any atom is 0.178 e. The largest absolute Gasteiger partial charge is 0.351 e. The van der Waals surface area contributed by atoms with E-state index >= 15 is 0 Å². The molecular weight excluding hydrogens is 238 g/mol. The lowest BCUT2D eigenvalue weighted by molar-refractivity contribution is 0.433. The van der Waals surface area contributed by atoms with E-state index in [1.807, 2.05) is 6.07 Å². The highest BCUT2D eigenvalue weighted by atomic mass is 35.5. The van der Waals surface area contributed by atoms with E-state index in [4.69, 9.17) is 22.6 Å². The summed E-state index contributed by atoms with van der Waals surface area (Å²) < 4.78 is 0. The van der Waals surface area contributed by atoms with Crippen molar-refractivity contribution in [2.75, 3.05) is 11.4 Å². The number of hydrogen-bond acceptors (Lipinski definition) is 5. The van der Waals surface area contributed by atoms with Crippen LogP contribution in [0, 0.1) is 11.3 Å². The molecule has 2 rings (SSSR count). The molecule has 0 aliphatic carbocycles. The minimum Gasteiger partial charge on any atom is -0.351 e. The molecule has 0 amide bonds. The van der Waals surface area contributed by atoms with Gasteiger partial charge in [0.25, 0.3) is 0 Å². The molecule has 0 aromatic carbocycles. The predicted molar refractivity (Wildman–Crippen MR) is 65.8 cm³/mol. The summed E-state index contributed by atoms with van der Waals surface area (Å²) in [5.41, 5.74) is 6.10. The normalized spacial score (nSPS) is 24.5. The van der Waals surface area contributed by atoms with Gasteiger partial charge in [-0.2, -0.15) is 5.26 Å². The van der Waals surface area contributed by atoms with Gasteiger partial charge in [-0.25, -0.2) is 9.97 Å². The summed E-state index contributed by atoms with van der Waals surface area (Å²) in [6.45, 7) is 2.87. The summed E-state index contributed by atoms with van der Waals surface area (Å²) in [6, 6.07) is 2.42. The third-order valence-electron chi connectivity index (χ3n) is 3.04. The Morgan fingerprint density at radius 3 is 3.00 bits per heavy atom. The van der Waals surface area contributed by atoms with Crippen molar-refractivity contribution in [2.24, 2.45) is 5.73 Å². The van der Waals surface area contributed by atoms with E-state index in [1.54, 1.807) is 6.20 Å². The summed E-state index contributed by atoms with van der Waals surface area (Å²) in [4.78, 5) is 10.3. The first-order valence-corrected chi connectivity index (χ1v) is 5.94. The maximum atomic E-state index is 8.74. The van der Waals surface area contributed by atoms with Crippen LogP contribution in [0.1, 0.15) is 25.5 Å². The summed E-state index contributed by atoms with van der Waals surface area (Å²) in [5.74, 6) is 0.691. The Labute approximate surface area is 105 Å². The number of halogens is 1. The third-order valence-corrected chi connectivity index (χ3v) is 3.30. The van der Waals surface area contributed by atoms with Gasteiger partial charge in [0.15, 0.2) is 10.8 Å². The highest BCUT2D eigenvalue weighted by Gasteiger charge is 2.24. The molecule has 2 N–H and O–H groups in total. The molecule has 1 aliphatic rings. The molecule has 0 bridgehead atoms. The Bertz CT molecular complexity index is 456. The van der Waals surface area contributed by atoms with Crippen LogP contribution >= 0.6 is 11.6 Å². The lowest BCUT2D eigenvalue weighted by atomic mass is 10.0. The molecule has 17 heavy (non-hydrogen) atoms. The van der Waals surface area contributed by atoms with Gasteiger partial charge in [-0.05, 0) is 19.8 Å². The molecule has 1 aromatic rings. The SMILES string of the molecule is CC1CCC(N)CN1c1cnc(C#N)c(Cl)n1. The van der Waals surface area contributed by atoms with Gasteiger partial charge in [0.1, 0.15) is 11.9 Å². The molecule has 90 valence electrons. The molecule has 1 fully saturated rings. The monoisotopic (exact) mass is 251 g/mol. The van der Waals surface area contributed by atoms with Gasteiger partial charge in [0.2, 0.25) is 0 Å². The van der Waals surface area contributed by atoms with Crippen LogP contribution in [0.25, 0.3) is 0 Å². The van der Waals surface area contributed by atoms with Gasteiger partial charge >= 0.3 is 0 Å². The molecule has 2 unspecified atom stereocenters. The minimum atomic E-state index is 0.149. The fourth-order valence-electron chi connectivity index (χ4n) is 2.03. The van der Waals surface area contributed by atoms with E-state index < -0.39 is 0 Å². The van der Waals surface area contributed by atoms with Gasteiger partial charge in [-0.3, -0.25) is 0 Å². The lowest BCUT2D eigenvalue weighted by Crippen LogP contribution is -2.48. The number of nitrogens with zero attached hydrogens (tertiary/aromatic N) is 4. The Hall–Kier alpha value is -1.38. The maximum absolute atomic E-state index is 8.74. The van der Waals surface area contributed by atoms with E-state index in [1.165, 1.54) is 0 Å². The number of piperidine rings is 1. The average molecular weight is 252 g/mol. The van der Waals surface area contributed by atoms with Crippen molar-refractivity contribution in [1.82, 2.24) is 9.97 Å². The van der Waals surface area contributed by atoms with Crippen molar-refractivity contribution in [1.29, 1.82) is 5.26 Å². The van der Waals surface area contributed by atoms with Crippen LogP contribution in [0.5, 0.6) is 0 Å². The van der Waals surface area contributed by atoms with Crippen LogP contribution in [0.4, 0.5) is 5.82 Å². The van der Waals surface area contributed by atoms with Gasteiger partial charge in [-0.1, -0.05) is 11.6 Å². The Balaban J connectivity index is 2.27. The number of anilines is 1. The van der Waals surface area contributed by atoms with Crippen LogP contribution < -0.4 is 10.6 Å². The zero-order valence-corrected chi connectivity index (χ0v) is 10.4. The smallest absolute Gasteiger partial charge is 0.178 e. The second kappa shape index (κ2) is 4.86. The fourth-order valence-corrected chi connectivity index (χ4v) is 2.20. The van der Waals surface area contributed by atoms with Crippen LogP contribution in [-0.4, -0.2) is 28.6 Å². The van der Waals surface area contributed by atoms with Crippen LogP contribution in [0.3, 0.4) is 0 Å². The minimum absolute atomic E-state index is 0.149.